The van der Waals surface area contributed by atoms with Gasteiger partial charge in [0.2, 0.25) is 0 Å². The molecule has 2 aromatic carbocycles. The number of anilines is 4. The fourth-order valence-corrected chi connectivity index (χ4v) is 4.95. The van der Waals surface area contributed by atoms with Crippen LogP contribution in [0.5, 0.6) is 11.5 Å². The highest BCUT2D eigenvalue weighted by molar-refractivity contribution is 5.92. The number of aromatic amines is 1. The lowest BCUT2D eigenvalue weighted by atomic mass is 10.0. The first kappa shape index (κ1) is 26.2. The lowest BCUT2D eigenvalue weighted by molar-refractivity contribution is 0.111. The van der Waals surface area contributed by atoms with Crippen LogP contribution in [0.4, 0.5) is 31.7 Å². The van der Waals surface area contributed by atoms with E-state index in [0.29, 0.717) is 28.4 Å². The molecule has 1 aliphatic rings. The first-order valence-electron chi connectivity index (χ1n) is 12.6. The number of methoxy groups -OCH3 is 2. The van der Waals surface area contributed by atoms with Crippen molar-refractivity contribution in [2.24, 2.45) is 0 Å². The van der Waals surface area contributed by atoms with E-state index in [9.17, 15) is 13.6 Å². The van der Waals surface area contributed by atoms with Crippen LogP contribution in [0.1, 0.15) is 17.3 Å². The molecule has 1 saturated heterocycles. The third-order valence-electron chi connectivity index (χ3n) is 7.11. The zero-order valence-corrected chi connectivity index (χ0v) is 22.0. The Kier molecular flexibility index (Phi) is 7.25. The molecule has 0 spiro atoms. The van der Waals surface area contributed by atoms with Crippen molar-refractivity contribution in [3.05, 3.63) is 53.7 Å². The van der Waals surface area contributed by atoms with E-state index in [1.54, 1.807) is 18.3 Å². The number of benzene rings is 2. The van der Waals surface area contributed by atoms with E-state index in [1.165, 1.54) is 14.2 Å². The van der Waals surface area contributed by atoms with Gasteiger partial charge in [0.15, 0.2) is 29.4 Å². The number of nitrogens with two attached hydrogens (primary N) is 1. The van der Waals surface area contributed by atoms with E-state index in [2.05, 4.69) is 32.0 Å². The standard InChI is InChI=1S/C28H30F2N6O3/c1-4-35-7-9-36(10-8-35)17-5-6-20(19(31)13-17)34-23-12-16-11-21(33-22(16)14-32-23)24-27(38-2)25(29)18(15-37)26(30)28(24)39-3/h5-6,11-15,33H,4,7-10,31H2,1-3H3,(H,32,34). The maximum Gasteiger partial charge on any atom is 0.179 e. The maximum atomic E-state index is 14.9. The minimum absolute atomic E-state index is 0.0194. The van der Waals surface area contributed by atoms with Crippen LogP contribution in [-0.2, 0) is 0 Å². The molecule has 0 amide bonds. The van der Waals surface area contributed by atoms with Crippen molar-refractivity contribution in [1.29, 1.82) is 0 Å². The number of aromatic nitrogens is 2. The summed E-state index contributed by atoms with van der Waals surface area (Å²) in [5.41, 5.74) is 8.98. The van der Waals surface area contributed by atoms with Crippen LogP contribution in [0, 0.1) is 11.6 Å². The van der Waals surface area contributed by atoms with Gasteiger partial charge in [-0.2, -0.15) is 0 Å². The molecule has 11 heteroatoms. The third kappa shape index (κ3) is 4.81. The van der Waals surface area contributed by atoms with E-state index in [1.807, 2.05) is 18.2 Å². The third-order valence-corrected chi connectivity index (χ3v) is 7.11. The fraction of sp³-hybridized carbons (Fsp3) is 0.286. The molecule has 0 atom stereocenters. The van der Waals surface area contributed by atoms with E-state index < -0.39 is 17.2 Å². The quantitative estimate of drug-likeness (QED) is 0.218. The second-order valence-corrected chi connectivity index (χ2v) is 9.26. The number of hydrogen-bond donors (Lipinski definition) is 3. The molecule has 0 saturated carbocycles. The molecular weight excluding hydrogens is 506 g/mol. The van der Waals surface area contributed by atoms with Crippen molar-refractivity contribution in [3.8, 4) is 22.8 Å². The van der Waals surface area contributed by atoms with Crippen molar-refractivity contribution in [3.63, 3.8) is 0 Å². The summed E-state index contributed by atoms with van der Waals surface area (Å²) in [4.78, 5) is 23.6. The summed E-state index contributed by atoms with van der Waals surface area (Å²) in [5.74, 6) is -2.29. The summed E-state index contributed by atoms with van der Waals surface area (Å²) in [6.07, 6.45) is 1.70. The number of likely N-dealkylation sites (N-methyl/N-ethyl adjacent to an activating group) is 1. The van der Waals surface area contributed by atoms with Gasteiger partial charge in [-0.15, -0.1) is 0 Å². The molecule has 2 aromatic heterocycles. The van der Waals surface area contributed by atoms with Gasteiger partial charge >= 0.3 is 0 Å². The molecular formula is C28H30F2N6O3. The number of hydrogen-bond acceptors (Lipinski definition) is 8. The number of nitrogen functional groups attached to an aromatic ring is 1. The number of fused-ring (bicyclic) bond motifs is 1. The topological polar surface area (TPSA) is 109 Å². The van der Waals surface area contributed by atoms with Gasteiger partial charge in [-0.3, -0.25) is 4.79 Å². The number of H-pyrrole nitrogens is 1. The van der Waals surface area contributed by atoms with Crippen LogP contribution < -0.4 is 25.4 Å². The number of pyridine rings is 1. The Labute approximate surface area is 224 Å². The number of aldehydes is 1. The highest BCUT2D eigenvalue weighted by atomic mass is 19.1. The highest BCUT2D eigenvalue weighted by Crippen LogP contribution is 2.44. The number of carbonyl (C=O) groups excluding carboxylic acids is 1. The van der Waals surface area contributed by atoms with Crippen LogP contribution in [0.3, 0.4) is 0 Å². The van der Waals surface area contributed by atoms with E-state index in [0.717, 1.165) is 43.8 Å². The molecule has 0 unspecified atom stereocenters. The molecule has 0 aliphatic carbocycles. The average Bonchev–Trinajstić information content (AvgIpc) is 3.37. The van der Waals surface area contributed by atoms with Crippen LogP contribution >= 0.6 is 0 Å². The van der Waals surface area contributed by atoms with Crippen LogP contribution in [0.25, 0.3) is 22.2 Å². The van der Waals surface area contributed by atoms with Crippen LogP contribution in [-0.4, -0.2) is 68.1 Å². The number of piperazine rings is 1. The second-order valence-electron chi connectivity index (χ2n) is 9.26. The number of ether oxygens (including phenoxy) is 2. The predicted molar refractivity (Wildman–Crippen MR) is 148 cm³/mol. The van der Waals surface area contributed by atoms with E-state index in [-0.39, 0.29) is 23.3 Å². The molecule has 39 heavy (non-hydrogen) atoms. The lowest BCUT2D eigenvalue weighted by Gasteiger charge is -2.35. The normalized spacial score (nSPS) is 14.0. The first-order valence-corrected chi connectivity index (χ1v) is 12.6. The Bertz CT molecular complexity index is 1500. The highest BCUT2D eigenvalue weighted by Gasteiger charge is 2.28. The average molecular weight is 537 g/mol. The number of halogens is 2. The number of carbonyl (C=O) groups is 1. The van der Waals surface area contributed by atoms with Gasteiger partial charge in [0.05, 0.1) is 54.1 Å². The molecule has 204 valence electrons. The monoisotopic (exact) mass is 536 g/mol. The molecule has 1 aliphatic heterocycles. The van der Waals surface area contributed by atoms with Crippen molar-refractivity contribution in [1.82, 2.24) is 14.9 Å². The molecule has 0 radical (unpaired) electrons. The summed E-state index contributed by atoms with van der Waals surface area (Å²) >= 11 is 0. The van der Waals surface area contributed by atoms with Gasteiger partial charge in [-0.1, -0.05) is 6.92 Å². The minimum Gasteiger partial charge on any atom is -0.493 e. The minimum atomic E-state index is -1.11. The zero-order chi connectivity index (χ0) is 27.7. The molecule has 3 heterocycles. The van der Waals surface area contributed by atoms with E-state index in [4.69, 9.17) is 15.2 Å². The molecule has 0 bridgehead atoms. The molecule has 4 aromatic rings. The van der Waals surface area contributed by atoms with Crippen LogP contribution in [0.2, 0.25) is 0 Å². The van der Waals surface area contributed by atoms with Gasteiger partial charge in [-0.25, -0.2) is 13.8 Å². The molecule has 5 rings (SSSR count). The smallest absolute Gasteiger partial charge is 0.179 e. The van der Waals surface area contributed by atoms with Gasteiger partial charge in [-0.05, 0) is 36.9 Å². The Balaban J connectivity index is 1.43. The summed E-state index contributed by atoms with van der Waals surface area (Å²) in [6, 6.07) is 9.42. The number of nitrogens with one attached hydrogen (secondary N) is 2. The zero-order valence-electron chi connectivity index (χ0n) is 22.0. The van der Waals surface area contributed by atoms with Gasteiger partial charge in [0.1, 0.15) is 5.82 Å². The Morgan fingerprint density at radius 3 is 2.36 bits per heavy atom. The Morgan fingerprint density at radius 1 is 1.08 bits per heavy atom. The SMILES string of the molecule is CCN1CCN(c2ccc(Nc3cc4cc(-c5c(OC)c(F)c(C=O)c(F)c5OC)[nH]c4cn3)c(N)c2)CC1. The van der Waals surface area contributed by atoms with Gasteiger partial charge in [0, 0.05) is 37.3 Å². The maximum absolute atomic E-state index is 14.9. The van der Waals surface area contributed by atoms with Gasteiger partial charge in [0.25, 0.3) is 0 Å². The molecule has 9 nitrogen and oxygen atoms in total. The Morgan fingerprint density at radius 2 is 1.77 bits per heavy atom. The fourth-order valence-electron chi connectivity index (χ4n) is 4.95. The summed E-state index contributed by atoms with van der Waals surface area (Å²) in [6.45, 7) is 7.19. The lowest BCUT2D eigenvalue weighted by Crippen LogP contribution is -2.46. The molecule has 1 fully saturated rings. The van der Waals surface area contributed by atoms with Crippen molar-refractivity contribution in [2.75, 3.05) is 62.9 Å². The summed E-state index contributed by atoms with van der Waals surface area (Å²) in [7, 11) is 2.47. The van der Waals surface area contributed by atoms with Gasteiger partial charge < -0.3 is 35.3 Å². The van der Waals surface area contributed by atoms with Crippen molar-refractivity contribution < 1.29 is 23.0 Å². The molecule has 4 N–H and O–H groups in total. The first-order chi connectivity index (χ1) is 18.9. The van der Waals surface area contributed by atoms with Crippen LogP contribution in [0.15, 0.2) is 36.5 Å². The van der Waals surface area contributed by atoms with Crippen molar-refractivity contribution in [2.45, 2.75) is 6.92 Å². The predicted octanol–water partition coefficient (Wildman–Crippen LogP) is 4.81. The number of nitrogens with zero attached hydrogens (tertiary/aromatic N) is 3. The Hall–Kier alpha value is -4.38. The van der Waals surface area contributed by atoms with E-state index >= 15 is 0 Å². The summed E-state index contributed by atoms with van der Waals surface area (Å²) in [5, 5.41) is 3.97. The van der Waals surface area contributed by atoms with Crippen molar-refractivity contribution >= 4 is 40.1 Å². The second kappa shape index (κ2) is 10.8. The summed E-state index contributed by atoms with van der Waals surface area (Å²) < 4.78 is 40.1. The largest absolute Gasteiger partial charge is 0.493 e. The number of rotatable bonds is 8.